The van der Waals surface area contributed by atoms with Gasteiger partial charge in [0.2, 0.25) is 0 Å². The first-order valence-corrected chi connectivity index (χ1v) is 7.62. The van der Waals surface area contributed by atoms with Gasteiger partial charge in [-0.2, -0.15) is 5.26 Å². The number of rotatable bonds is 6. The first kappa shape index (κ1) is 18.5. The molecule has 1 saturated heterocycles. The Bertz CT molecular complexity index is 447. The zero-order chi connectivity index (χ0) is 16.8. The molecule has 0 aromatic carbocycles. The number of piperidine rings is 1. The van der Waals surface area contributed by atoms with Gasteiger partial charge in [0.25, 0.3) is 5.91 Å². The van der Waals surface area contributed by atoms with E-state index in [2.05, 4.69) is 43.6 Å². The molecule has 0 aliphatic carbocycles. The van der Waals surface area contributed by atoms with Crippen LogP contribution in [0.15, 0.2) is 11.8 Å². The summed E-state index contributed by atoms with van der Waals surface area (Å²) >= 11 is 0. The van der Waals surface area contributed by atoms with Gasteiger partial charge in [-0.15, -0.1) is 0 Å². The van der Waals surface area contributed by atoms with Crippen LogP contribution in [0.3, 0.4) is 0 Å². The molecule has 1 amide bonds. The van der Waals surface area contributed by atoms with Crippen LogP contribution in [-0.4, -0.2) is 43.3 Å². The van der Waals surface area contributed by atoms with Crippen LogP contribution in [0.25, 0.3) is 0 Å². The van der Waals surface area contributed by atoms with Crippen molar-refractivity contribution in [2.45, 2.75) is 57.7 Å². The highest BCUT2D eigenvalue weighted by Crippen LogP contribution is 2.28. The Kier molecular flexibility index (Phi) is 6.39. The Labute approximate surface area is 133 Å². The van der Waals surface area contributed by atoms with Crippen LogP contribution >= 0.6 is 0 Å². The Morgan fingerprint density at radius 3 is 2.45 bits per heavy atom. The highest BCUT2D eigenvalue weighted by atomic mass is 16.5. The van der Waals surface area contributed by atoms with Crippen LogP contribution < -0.4 is 16.0 Å². The van der Waals surface area contributed by atoms with E-state index < -0.39 is 0 Å². The van der Waals surface area contributed by atoms with Crippen LogP contribution in [0.2, 0.25) is 0 Å². The number of nitrogens with one attached hydrogen (secondary N) is 3. The van der Waals surface area contributed by atoms with Gasteiger partial charge in [-0.05, 0) is 40.5 Å². The Morgan fingerprint density at radius 1 is 1.36 bits per heavy atom. The van der Waals surface area contributed by atoms with Crippen molar-refractivity contribution in [3.05, 3.63) is 11.8 Å². The van der Waals surface area contributed by atoms with E-state index in [0.717, 1.165) is 12.8 Å². The van der Waals surface area contributed by atoms with E-state index in [1.807, 2.05) is 6.07 Å². The summed E-state index contributed by atoms with van der Waals surface area (Å²) in [5.74, 6) is -0.375. The summed E-state index contributed by atoms with van der Waals surface area (Å²) in [4.78, 5) is 11.9. The minimum atomic E-state index is -0.375. The monoisotopic (exact) mass is 308 g/mol. The van der Waals surface area contributed by atoms with Crippen LogP contribution in [-0.2, 0) is 9.53 Å². The largest absolute Gasteiger partial charge is 0.387 e. The van der Waals surface area contributed by atoms with Crippen molar-refractivity contribution >= 4 is 5.91 Å². The van der Waals surface area contributed by atoms with Gasteiger partial charge >= 0.3 is 0 Å². The molecule has 0 bridgehead atoms. The highest BCUT2D eigenvalue weighted by molar-refractivity contribution is 5.97. The molecule has 0 unspecified atom stereocenters. The number of methoxy groups -OCH3 is 1. The number of hydrogen-bond donors (Lipinski definition) is 3. The maximum absolute atomic E-state index is 11.9. The van der Waals surface area contributed by atoms with E-state index in [1.54, 1.807) is 7.11 Å². The third-order valence-corrected chi connectivity index (χ3v) is 3.61. The maximum atomic E-state index is 11.9. The molecule has 3 N–H and O–H groups in total. The van der Waals surface area contributed by atoms with Crippen LogP contribution in [0, 0.1) is 11.3 Å². The zero-order valence-electron chi connectivity index (χ0n) is 14.2. The van der Waals surface area contributed by atoms with Gasteiger partial charge in [0.15, 0.2) is 0 Å². The lowest BCUT2D eigenvalue weighted by atomic mass is 9.80. The number of nitrogens with zero attached hydrogens (tertiary/aromatic N) is 1. The van der Waals surface area contributed by atoms with Gasteiger partial charge in [-0.3, -0.25) is 4.79 Å². The zero-order valence-corrected chi connectivity index (χ0v) is 14.2. The summed E-state index contributed by atoms with van der Waals surface area (Å²) < 4.78 is 4.87. The summed E-state index contributed by atoms with van der Waals surface area (Å²) in [6.07, 6.45) is 3.39. The third kappa shape index (κ3) is 6.04. The highest BCUT2D eigenvalue weighted by Gasteiger charge is 2.37. The maximum Gasteiger partial charge on any atom is 0.263 e. The van der Waals surface area contributed by atoms with Gasteiger partial charge in [0, 0.05) is 37.0 Å². The van der Waals surface area contributed by atoms with Crippen molar-refractivity contribution in [3.8, 4) is 6.07 Å². The molecule has 22 heavy (non-hydrogen) atoms. The Morgan fingerprint density at radius 2 is 1.95 bits per heavy atom. The second-order valence-electron chi connectivity index (χ2n) is 7.08. The predicted octanol–water partition coefficient (Wildman–Crippen LogP) is 1.06. The van der Waals surface area contributed by atoms with E-state index in [0.29, 0.717) is 13.2 Å². The lowest BCUT2D eigenvalue weighted by Gasteiger charge is -2.46. The van der Waals surface area contributed by atoms with Crippen molar-refractivity contribution in [2.75, 3.05) is 20.3 Å². The third-order valence-electron chi connectivity index (χ3n) is 3.61. The number of hydrogen-bond acceptors (Lipinski definition) is 5. The second-order valence-corrected chi connectivity index (χ2v) is 7.08. The summed E-state index contributed by atoms with van der Waals surface area (Å²) in [7, 11) is 1.56. The number of ether oxygens (including phenoxy) is 1. The number of carbonyl (C=O) groups excluding carboxylic acids is 1. The fraction of sp³-hybridized carbons (Fsp3) is 0.750. The van der Waals surface area contributed by atoms with E-state index in [4.69, 9.17) is 10.00 Å². The van der Waals surface area contributed by atoms with Crippen molar-refractivity contribution in [1.82, 2.24) is 16.0 Å². The minimum Gasteiger partial charge on any atom is -0.387 e. The van der Waals surface area contributed by atoms with E-state index >= 15 is 0 Å². The van der Waals surface area contributed by atoms with Crippen LogP contribution in [0.5, 0.6) is 0 Å². The Balaban J connectivity index is 2.64. The fourth-order valence-corrected chi connectivity index (χ4v) is 3.15. The van der Waals surface area contributed by atoms with Gasteiger partial charge in [0.1, 0.15) is 11.6 Å². The molecule has 0 aromatic rings. The molecule has 1 rings (SSSR count). The Hall–Kier alpha value is -1.58. The van der Waals surface area contributed by atoms with Gasteiger partial charge in [-0.1, -0.05) is 0 Å². The van der Waals surface area contributed by atoms with Crippen LogP contribution in [0.1, 0.15) is 40.5 Å². The van der Waals surface area contributed by atoms with Gasteiger partial charge in [0.05, 0.1) is 6.61 Å². The number of amides is 1. The smallest absolute Gasteiger partial charge is 0.263 e. The molecule has 0 spiro atoms. The molecular formula is C16H28N4O2. The SMILES string of the molecule is COCCNC(=O)/C(C#N)=C\NC1CC(C)(C)NC(C)(C)C1. The summed E-state index contributed by atoms with van der Waals surface area (Å²) in [6, 6.07) is 2.16. The summed E-state index contributed by atoms with van der Waals surface area (Å²) in [5, 5.41) is 18.6. The van der Waals surface area contributed by atoms with E-state index in [9.17, 15) is 4.79 Å². The molecule has 124 valence electrons. The van der Waals surface area contributed by atoms with Gasteiger partial charge < -0.3 is 20.7 Å². The van der Waals surface area contributed by atoms with E-state index in [-0.39, 0.29) is 28.6 Å². The molecule has 0 saturated carbocycles. The summed E-state index contributed by atoms with van der Waals surface area (Å²) in [5.41, 5.74) is 0.118. The van der Waals surface area contributed by atoms with Crippen LogP contribution in [0.4, 0.5) is 0 Å². The molecule has 0 radical (unpaired) electrons. The average Bonchev–Trinajstić information content (AvgIpc) is 2.36. The normalized spacial score (nSPS) is 21.0. The molecule has 6 heteroatoms. The summed E-state index contributed by atoms with van der Waals surface area (Å²) in [6.45, 7) is 9.46. The lowest BCUT2D eigenvalue weighted by Crippen LogP contribution is -2.61. The van der Waals surface area contributed by atoms with Crippen molar-refractivity contribution in [3.63, 3.8) is 0 Å². The molecule has 0 aromatic heterocycles. The number of nitriles is 1. The first-order chi connectivity index (χ1) is 10.2. The van der Waals surface area contributed by atoms with Crippen molar-refractivity contribution in [1.29, 1.82) is 5.26 Å². The van der Waals surface area contributed by atoms with Crippen molar-refractivity contribution in [2.24, 2.45) is 0 Å². The number of carbonyl (C=O) groups is 1. The van der Waals surface area contributed by atoms with Crippen molar-refractivity contribution < 1.29 is 9.53 Å². The minimum absolute atomic E-state index is 0.0147. The fourth-order valence-electron chi connectivity index (χ4n) is 3.15. The topological polar surface area (TPSA) is 86.2 Å². The molecule has 1 fully saturated rings. The van der Waals surface area contributed by atoms with E-state index in [1.165, 1.54) is 6.20 Å². The molecule has 0 atom stereocenters. The predicted molar refractivity (Wildman–Crippen MR) is 86.0 cm³/mol. The molecule has 1 aliphatic rings. The average molecular weight is 308 g/mol. The molecule has 6 nitrogen and oxygen atoms in total. The lowest BCUT2D eigenvalue weighted by molar-refractivity contribution is -0.117. The first-order valence-electron chi connectivity index (χ1n) is 7.62. The molecular weight excluding hydrogens is 280 g/mol. The standard InChI is InChI=1S/C16H28N4O2/c1-15(2)8-13(9-16(3,4)20-15)19-11-12(10-17)14(21)18-6-7-22-5/h11,13,19-20H,6-9H2,1-5H3,(H,18,21)/b12-11-. The molecule has 1 heterocycles. The van der Waals surface area contributed by atoms with Gasteiger partial charge in [-0.25, -0.2) is 0 Å². The quantitative estimate of drug-likeness (QED) is 0.388. The molecule has 1 aliphatic heterocycles. The second kappa shape index (κ2) is 7.61.